The predicted octanol–water partition coefficient (Wildman–Crippen LogP) is 4.58. The molecule has 1 fully saturated rings. The standard InChI is InChI=1S/C22H22IN3O4/c23-17-3-1-15(2-4-17)21(27)16-7-9-26(10-8-16)11-12-29-22(28)25-18-5-6-20-19(13-18)24-14-30-20/h1-6,13-14,16H,7-12H2,(H,25,28). The Morgan fingerprint density at radius 3 is 2.70 bits per heavy atom. The fourth-order valence-electron chi connectivity index (χ4n) is 3.63. The van der Waals surface area contributed by atoms with Crippen LogP contribution in [0.15, 0.2) is 53.3 Å². The molecule has 1 amide bonds. The van der Waals surface area contributed by atoms with Crippen molar-refractivity contribution in [3.05, 3.63) is 58.0 Å². The summed E-state index contributed by atoms with van der Waals surface area (Å²) in [6.45, 7) is 2.61. The molecule has 2 aromatic carbocycles. The van der Waals surface area contributed by atoms with Crippen molar-refractivity contribution in [3.63, 3.8) is 0 Å². The second-order valence-electron chi connectivity index (χ2n) is 7.28. The van der Waals surface area contributed by atoms with Crippen LogP contribution in [0.1, 0.15) is 23.2 Å². The molecule has 1 saturated heterocycles. The topological polar surface area (TPSA) is 84.7 Å². The van der Waals surface area contributed by atoms with E-state index in [1.54, 1.807) is 18.2 Å². The highest BCUT2D eigenvalue weighted by molar-refractivity contribution is 14.1. The van der Waals surface area contributed by atoms with E-state index in [-0.39, 0.29) is 11.7 Å². The zero-order valence-electron chi connectivity index (χ0n) is 16.3. The molecule has 1 N–H and O–H groups in total. The van der Waals surface area contributed by atoms with Crippen LogP contribution in [0, 0.1) is 9.49 Å². The minimum absolute atomic E-state index is 0.0666. The van der Waals surface area contributed by atoms with Gasteiger partial charge < -0.3 is 9.15 Å². The molecule has 1 aliphatic rings. The van der Waals surface area contributed by atoms with Gasteiger partial charge in [0.25, 0.3) is 0 Å². The van der Waals surface area contributed by atoms with Gasteiger partial charge in [-0.3, -0.25) is 15.0 Å². The molecule has 156 valence electrons. The minimum atomic E-state index is -0.499. The van der Waals surface area contributed by atoms with E-state index in [1.807, 2.05) is 24.3 Å². The molecule has 0 spiro atoms. The number of hydrogen-bond acceptors (Lipinski definition) is 6. The van der Waals surface area contributed by atoms with Crippen LogP contribution in [0.4, 0.5) is 10.5 Å². The molecule has 3 aromatic rings. The van der Waals surface area contributed by atoms with Crippen molar-refractivity contribution in [3.8, 4) is 0 Å². The number of ketones is 1. The van der Waals surface area contributed by atoms with Gasteiger partial charge in [0, 0.05) is 27.3 Å². The van der Waals surface area contributed by atoms with Crippen LogP contribution in [-0.4, -0.2) is 48.0 Å². The van der Waals surface area contributed by atoms with Crippen molar-refractivity contribution in [2.75, 3.05) is 31.6 Å². The number of fused-ring (bicyclic) bond motifs is 1. The van der Waals surface area contributed by atoms with E-state index < -0.39 is 6.09 Å². The van der Waals surface area contributed by atoms with E-state index in [9.17, 15) is 9.59 Å². The molecule has 2 heterocycles. The molecule has 0 saturated carbocycles. The second-order valence-corrected chi connectivity index (χ2v) is 8.53. The highest BCUT2D eigenvalue weighted by Gasteiger charge is 2.25. The van der Waals surface area contributed by atoms with Gasteiger partial charge in [-0.2, -0.15) is 0 Å². The summed E-state index contributed by atoms with van der Waals surface area (Å²) < 4.78 is 11.6. The van der Waals surface area contributed by atoms with Gasteiger partial charge in [-0.15, -0.1) is 0 Å². The number of rotatable bonds is 6. The smallest absolute Gasteiger partial charge is 0.411 e. The van der Waals surface area contributed by atoms with Crippen molar-refractivity contribution in [2.45, 2.75) is 12.8 Å². The first kappa shape index (κ1) is 20.8. The lowest BCUT2D eigenvalue weighted by molar-refractivity contribution is 0.0813. The molecule has 0 unspecified atom stereocenters. The Bertz CT molecular complexity index is 1030. The van der Waals surface area contributed by atoms with Gasteiger partial charge in [0.1, 0.15) is 12.1 Å². The van der Waals surface area contributed by atoms with Gasteiger partial charge in [0.2, 0.25) is 0 Å². The largest absolute Gasteiger partial charge is 0.448 e. The van der Waals surface area contributed by atoms with E-state index >= 15 is 0 Å². The number of piperidine rings is 1. The maximum atomic E-state index is 12.7. The Kier molecular flexibility index (Phi) is 6.63. The third-order valence-corrected chi connectivity index (χ3v) is 6.02. The summed E-state index contributed by atoms with van der Waals surface area (Å²) in [6.07, 6.45) is 2.52. The lowest BCUT2D eigenvalue weighted by Gasteiger charge is -2.31. The summed E-state index contributed by atoms with van der Waals surface area (Å²) in [7, 11) is 0. The van der Waals surface area contributed by atoms with Crippen molar-refractivity contribution in [1.82, 2.24) is 9.88 Å². The first-order chi connectivity index (χ1) is 14.6. The Balaban J connectivity index is 1.18. The van der Waals surface area contributed by atoms with Gasteiger partial charge in [-0.25, -0.2) is 9.78 Å². The molecule has 0 bridgehead atoms. The fraction of sp³-hybridized carbons (Fsp3) is 0.318. The van der Waals surface area contributed by atoms with Gasteiger partial charge in [0.15, 0.2) is 17.8 Å². The summed E-state index contributed by atoms with van der Waals surface area (Å²) in [5.74, 6) is 0.294. The molecule has 8 heteroatoms. The number of oxazole rings is 1. The lowest BCUT2D eigenvalue weighted by atomic mass is 9.89. The summed E-state index contributed by atoms with van der Waals surface area (Å²) in [6, 6.07) is 13.0. The third-order valence-electron chi connectivity index (χ3n) is 5.30. The van der Waals surface area contributed by atoms with E-state index in [0.717, 1.165) is 35.1 Å². The molecule has 7 nitrogen and oxygen atoms in total. The lowest BCUT2D eigenvalue weighted by Crippen LogP contribution is -2.38. The SMILES string of the molecule is O=C(Nc1ccc2ocnc2c1)OCCN1CCC(C(=O)c2ccc(I)cc2)CC1. The number of benzene rings is 2. The van der Waals surface area contributed by atoms with Gasteiger partial charge >= 0.3 is 6.09 Å². The monoisotopic (exact) mass is 519 g/mol. The first-order valence-electron chi connectivity index (χ1n) is 9.87. The average Bonchev–Trinajstić information content (AvgIpc) is 3.22. The number of nitrogens with zero attached hydrogens (tertiary/aromatic N) is 2. The molecule has 4 rings (SSSR count). The Labute approximate surface area is 187 Å². The van der Waals surface area contributed by atoms with Crippen LogP contribution < -0.4 is 5.32 Å². The zero-order chi connectivity index (χ0) is 20.9. The summed E-state index contributed by atoms with van der Waals surface area (Å²) in [5, 5.41) is 2.70. The number of anilines is 1. The highest BCUT2D eigenvalue weighted by Crippen LogP contribution is 2.22. The minimum Gasteiger partial charge on any atom is -0.448 e. The zero-order valence-corrected chi connectivity index (χ0v) is 18.5. The summed E-state index contributed by atoms with van der Waals surface area (Å²) in [4.78, 5) is 31.0. The maximum Gasteiger partial charge on any atom is 0.411 e. The van der Waals surface area contributed by atoms with E-state index in [1.165, 1.54) is 6.39 Å². The molecule has 0 aliphatic carbocycles. The molecular weight excluding hydrogens is 497 g/mol. The number of hydrogen-bond donors (Lipinski definition) is 1. The number of amides is 1. The number of likely N-dealkylation sites (tertiary alicyclic amines) is 1. The second kappa shape index (κ2) is 9.57. The van der Waals surface area contributed by atoms with E-state index in [2.05, 4.69) is 37.8 Å². The number of carbonyl (C=O) groups excluding carboxylic acids is 2. The van der Waals surface area contributed by atoms with Crippen molar-refractivity contribution in [2.24, 2.45) is 5.92 Å². The Morgan fingerprint density at radius 2 is 1.93 bits per heavy atom. The number of carbonyl (C=O) groups is 2. The van der Waals surface area contributed by atoms with Gasteiger partial charge in [0.05, 0.1) is 0 Å². The van der Waals surface area contributed by atoms with Crippen molar-refractivity contribution < 1.29 is 18.7 Å². The van der Waals surface area contributed by atoms with Crippen LogP contribution in [-0.2, 0) is 4.74 Å². The summed E-state index contributed by atoms with van der Waals surface area (Å²) in [5.41, 5.74) is 2.74. The molecule has 1 aromatic heterocycles. The van der Waals surface area contributed by atoms with Crippen LogP contribution >= 0.6 is 22.6 Å². The third kappa shape index (κ3) is 5.17. The molecule has 1 aliphatic heterocycles. The van der Waals surface area contributed by atoms with E-state index in [0.29, 0.717) is 29.9 Å². The Morgan fingerprint density at radius 1 is 1.17 bits per heavy atom. The normalized spacial score (nSPS) is 15.2. The fourth-order valence-corrected chi connectivity index (χ4v) is 3.99. The number of halogens is 1. The van der Waals surface area contributed by atoms with Crippen LogP contribution in [0.25, 0.3) is 11.1 Å². The van der Waals surface area contributed by atoms with Crippen molar-refractivity contribution >= 4 is 51.3 Å². The van der Waals surface area contributed by atoms with Crippen LogP contribution in [0.5, 0.6) is 0 Å². The Hall–Kier alpha value is -2.46. The number of nitrogens with one attached hydrogen (secondary N) is 1. The quantitative estimate of drug-likeness (QED) is 0.380. The first-order valence-corrected chi connectivity index (χ1v) is 11.0. The molecule has 30 heavy (non-hydrogen) atoms. The highest BCUT2D eigenvalue weighted by atomic mass is 127. The van der Waals surface area contributed by atoms with Crippen LogP contribution in [0.2, 0.25) is 0 Å². The van der Waals surface area contributed by atoms with Gasteiger partial charge in [-0.05, 0) is 78.9 Å². The van der Waals surface area contributed by atoms with Gasteiger partial charge in [-0.1, -0.05) is 12.1 Å². The number of ether oxygens (including phenoxy) is 1. The predicted molar refractivity (Wildman–Crippen MR) is 122 cm³/mol. The van der Waals surface area contributed by atoms with E-state index in [4.69, 9.17) is 9.15 Å². The van der Waals surface area contributed by atoms with Crippen LogP contribution in [0.3, 0.4) is 0 Å². The maximum absolute atomic E-state index is 12.7. The molecule has 0 radical (unpaired) electrons. The summed E-state index contributed by atoms with van der Waals surface area (Å²) >= 11 is 2.24. The van der Waals surface area contributed by atoms with Crippen molar-refractivity contribution in [1.29, 1.82) is 0 Å². The number of aromatic nitrogens is 1. The number of Topliss-reactive ketones (excluding diaryl/α,β-unsaturated/α-hetero) is 1. The molecular formula is C22H22IN3O4. The molecule has 0 atom stereocenters. The average molecular weight is 519 g/mol.